The van der Waals surface area contributed by atoms with Crippen molar-refractivity contribution in [2.24, 2.45) is 0 Å². The fraction of sp³-hybridized carbons (Fsp3) is 0.925. The van der Waals surface area contributed by atoms with Crippen LogP contribution in [0.2, 0.25) is 0 Å². The van der Waals surface area contributed by atoms with Gasteiger partial charge < -0.3 is 25.7 Å². The zero-order valence-electron chi connectivity index (χ0n) is 49.4. The zero-order chi connectivity index (χ0) is 53.0. The van der Waals surface area contributed by atoms with E-state index in [2.05, 4.69) is 43.5 Å². The number of rotatable bonds is 62. The highest BCUT2D eigenvalue weighted by molar-refractivity contribution is 5.80. The molecule has 0 aromatic carbocycles. The minimum Gasteiger partial charge on any atom is -0.394 e. The summed E-state index contributed by atoms with van der Waals surface area (Å²) in [6.45, 7) is 4.09. The summed E-state index contributed by atoms with van der Waals surface area (Å²) in [5, 5.41) is 44.1. The van der Waals surface area contributed by atoms with E-state index in [-0.39, 0.29) is 0 Å². The molecule has 0 aromatic rings. The molecular weight excluding hydrogens is 899 g/mol. The molecule has 0 saturated heterocycles. The lowest BCUT2D eigenvalue weighted by Crippen LogP contribution is -2.53. The Morgan fingerprint density at radius 3 is 0.863 bits per heavy atom. The Bertz CT molecular complexity index is 1110. The van der Waals surface area contributed by atoms with Gasteiger partial charge in [0.2, 0.25) is 5.91 Å². The molecule has 0 aliphatic rings. The van der Waals surface area contributed by atoms with Crippen LogP contribution in [0.15, 0.2) is 24.3 Å². The van der Waals surface area contributed by atoms with E-state index in [1.165, 1.54) is 295 Å². The maximum Gasteiger partial charge on any atom is 0.249 e. The van der Waals surface area contributed by atoms with Crippen LogP contribution in [0.5, 0.6) is 0 Å². The molecule has 6 nitrogen and oxygen atoms in total. The van der Waals surface area contributed by atoms with Crippen molar-refractivity contribution in [3.05, 3.63) is 24.3 Å². The van der Waals surface area contributed by atoms with Crippen molar-refractivity contribution in [3.63, 3.8) is 0 Å². The highest BCUT2D eigenvalue weighted by Gasteiger charge is 2.28. The van der Waals surface area contributed by atoms with E-state index < -0.39 is 36.9 Å². The first kappa shape index (κ1) is 71.8. The van der Waals surface area contributed by atoms with E-state index in [1.807, 2.05) is 0 Å². The smallest absolute Gasteiger partial charge is 0.249 e. The van der Waals surface area contributed by atoms with Gasteiger partial charge in [-0.3, -0.25) is 4.79 Å². The molecule has 0 rings (SSSR count). The predicted molar refractivity (Wildman–Crippen MR) is 321 cm³/mol. The molecule has 0 heterocycles. The number of aliphatic hydroxyl groups excluding tert-OH is 4. The molecule has 0 spiro atoms. The van der Waals surface area contributed by atoms with Crippen LogP contribution >= 0.6 is 0 Å². The SMILES string of the molecule is CCCCCCCCCCCCCCCCCC/C=C/CC/C=C/CCCC(O)C(O)C(CO)NC(=O)C(O)CCCCCCCCCCCCCCCCCCCCCCCCCCCCCCCCCC. The lowest BCUT2D eigenvalue weighted by atomic mass is 10.00. The van der Waals surface area contributed by atoms with Gasteiger partial charge in [-0.05, 0) is 51.4 Å². The van der Waals surface area contributed by atoms with Crippen molar-refractivity contribution in [3.8, 4) is 0 Å². The number of carbonyl (C=O) groups excluding carboxylic acids is 1. The van der Waals surface area contributed by atoms with Crippen LogP contribution in [-0.4, -0.2) is 57.3 Å². The predicted octanol–water partition coefficient (Wildman–Crippen LogP) is 20.2. The van der Waals surface area contributed by atoms with E-state index in [4.69, 9.17) is 0 Å². The molecular formula is C67H131NO5. The van der Waals surface area contributed by atoms with Gasteiger partial charge in [-0.15, -0.1) is 0 Å². The standard InChI is InChI=1S/C67H131NO5/c1-3-5-7-9-11-13-15-17-19-21-23-25-27-29-30-31-32-33-34-35-37-39-41-43-45-47-49-51-53-55-57-59-61-65(71)67(73)68-63(62-69)66(72)64(70)60-58-56-54-52-50-48-46-44-42-40-38-36-28-26-24-22-20-18-16-14-12-10-8-6-4-2/h44,46,52,54,63-66,69-72H,3-43,45,47-51,53,55-62H2,1-2H3,(H,68,73)/b46-44+,54-52+. The van der Waals surface area contributed by atoms with Gasteiger partial charge in [0.05, 0.1) is 18.8 Å². The molecule has 73 heavy (non-hydrogen) atoms. The fourth-order valence-electron chi connectivity index (χ4n) is 10.7. The van der Waals surface area contributed by atoms with Crippen molar-refractivity contribution in [1.82, 2.24) is 5.32 Å². The molecule has 5 N–H and O–H groups in total. The van der Waals surface area contributed by atoms with Gasteiger partial charge in [-0.1, -0.05) is 340 Å². The van der Waals surface area contributed by atoms with Crippen LogP contribution in [-0.2, 0) is 4.79 Å². The summed E-state index contributed by atoms with van der Waals surface area (Å²) in [5.74, 6) is -0.590. The molecule has 434 valence electrons. The van der Waals surface area contributed by atoms with Crippen molar-refractivity contribution in [1.29, 1.82) is 0 Å². The molecule has 0 radical (unpaired) electrons. The summed E-state index contributed by atoms with van der Waals surface area (Å²) >= 11 is 0. The Labute approximate surface area is 456 Å². The average Bonchev–Trinajstić information content (AvgIpc) is 3.40. The lowest BCUT2D eigenvalue weighted by Gasteiger charge is -2.27. The van der Waals surface area contributed by atoms with Gasteiger partial charge in [-0.25, -0.2) is 0 Å². The van der Waals surface area contributed by atoms with Gasteiger partial charge >= 0.3 is 0 Å². The summed E-state index contributed by atoms with van der Waals surface area (Å²) in [6.07, 6.45) is 77.3. The van der Waals surface area contributed by atoms with Gasteiger partial charge in [-0.2, -0.15) is 0 Å². The summed E-state index contributed by atoms with van der Waals surface area (Å²) in [4.78, 5) is 12.6. The third-order valence-corrected chi connectivity index (χ3v) is 15.9. The molecule has 4 unspecified atom stereocenters. The van der Waals surface area contributed by atoms with Crippen molar-refractivity contribution in [2.45, 2.75) is 391 Å². The minimum absolute atomic E-state index is 0.365. The van der Waals surface area contributed by atoms with Crippen LogP contribution in [0.1, 0.15) is 367 Å². The Morgan fingerprint density at radius 1 is 0.329 bits per heavy atom. The van der Waals surface area contributed by atoms with Crippen molar-refractivity contribution < 1.29 is 25.2 Å². The van der Waals surface area contributed by atoms with Gasteiger partial charge in [0, 0.05) is 0 Å². The summed E-state index contributed by atoms with van der Waals surface area (Å²) < 4.78 is 0. The number of carbonyl (C=O) groups is 1. The van der Waals surface area contributed by atoms with Gasteiger partial charge in [0.1, 0.15) is 12.2 Å². The van der Waals surface area contributed by atoms with Crippen LogP contribution in [0, 0.1) is 0 Å². The topological polar surface area (TPSA) is 110 Å². The number of unbranched alkanes of at least 4 members (excludes halogenated alkanes) is 49. The largest absolute Gasteiger partial charge is 0.394 e. The van der Waals surface area contributed by atoms with Crippen molar-refractivity contribution in [2.75, 3.05) is 6.61 Å². The first-order chi connectivity index (χ1) is 36.0. The highest BCUT2D eigenvalue weighted by Crippen LogP contribution is 2.19. The second kappa shape index (κ2) is 61.6. The first-order valence-electron chi connectivity index (χ1n) is 33.2. The molecule has 1 amide bonds. The van der Waals surface area contributed by atoms with Gasteiger partial charge in [0.25, 0.3) is 0 Å². The maximum absolute atomic E-state index is 12.6. The Balaban J connectivity index is 3.58. The average molecular weight is 1030 g/mol. The number of allylic oxidation sites excluding steroid dienone is 4. The Hall–Kier alpha value is -1.21. The van der Waals surface area contributed by atoms with Crippen LogP contribution in [0.3, 0.4) is 0 Å². The number of amides is 1. The van der Waals surface area contributed by atoms with E-state index in [1.54, 1.807) is 0 Å². The monoisotopic (exact) mass is 1030 g/mol. The Kier molecular flexibility index (Phi) is 60.6. The summed E-state index contributed by atoms with van der Waals surface area (Å²) in [6, 6.07) is -1.01. The Morgan fingerprint density at radius 2 is 0.575 bits per heavy atom. The summed E-state index contributed by atoms with van der Waals surface area (Å²) in [7, 11) is 0. The molecule has 0 bridgehead atoms. The third kappa shape index (κ3) is 55.4. The second-order valence-corrected chi connectivity index (χ2v) is 23.2. The van der Waals surface area contributed by atoms with E-state index in [0.29, 0.717) is 19.3 Å². The third-order valence-electron chi connectivity index (χ3n) is 15.9. The first-order valence-corrected chi connectivity index (χ1v) is 33.2. The quantitative estimate of drug-likeness (QED) is 0.0308. The molecule has 0 fully saturated rings. The van der Waals surface area contributed by atoms with E-state index in [9.17, 15) is 25.2 Å². The lowest BCUT2D eigenvalue weighted by molar-refractivity contribution is -0.132. The van der Waals surface area contributed by atoms with Crippen molar-refractivity contribution >= 4 is 5.91 Å². The molecule has 6 heteroatoms. The zero-order valence-corrected chi connectivity index (χ0v) is 49.4. The molecule has 0 aliphatic heterocycles. The summed E-state index contributed by atoms with van der Waals surface area (Å²) in [5.41, 5.74) is 0. The van der Waals surface area contributed by atoms with Crippen LogP contribution in [0.25, 0.3) is 0 Å². The molecule has 0 aliphatic carbocycles. The van der Waals surface area contributed by atoms with Crippen LogP contribution in [0.4, 0.5) is 0 Å². The number of aliphatic hydroxyl groups is 4. The number of hydrogen-bond donors (Lipinski definition) is 5. The maximum atomic E-state index is 12.6. The normalized spacial score (nSPS) is 13.7. The van der Waals surface area contributed by atoms with E-state index in [0.717, 1.165) is 38.5 Å². The number of nitrogens with one attached hydrogen (secondary N) is 1. The molecule has 0 saturated carbocycles. The fourth-order valence-corrected chi connectivity index (χ4v) is 10.7. The number of hydrogen-bond acceptors (Lipinski definition) is 5. The van der Waals surface area contributed by atoms with E-state index >= 15 is 0 Å². The van der Waals surface area contributed by atoms with Gasteiger partial charge in [0.15, 0.2) is 0 Å². The molecule has 0 aromatic heterocycles. The minimum atomic E-state index is -1.29. The highest BCUT2D eigenvalue weighted by atomic mass is 16.3. The van der Waals surface area contributed by atoms with Crippen LogP contribution < -0.4 is 5.32 Å². The second-order valence-electron chi connectivity index (χ2n) is 23.2. The molecule has 4 atom stereocenters.